The van der Waals surface area contributed by atoms with Crippen LogP contribution in [0.4, 0.5) is 0 Å². The predicted molar refractivity (Wildman–Crippen MR) is 197 cm³/mol. The summed E-state index contributed by atoms with van der Waals surface area (Å²) in [6.07, 6.45) is 22.4. The molecule has 4 rings (SSSR count). The van der Waals surface area contributed by atoms with Gasteiger partial charge in [-0.25, -0.2) is 0 Å². The van der Waals surface area contributed by atoms with Crippen LogP contribution >= 0.6 is 0 Å². The van der Waals surface area contributed by atoms with Crippen molar-refractivity contribution in [3.63, 3.8) is 0 Å². The molecule has 2 aromatic rings. The number of amides is 4. The van der Waals surface area contributed by atoms with E-state index in [0.29, 0.717) is 24.2 Å². The van der Waals surface area contributed by atoms with Crippen LogP contribution in [0.2, 0.25) is 0 Å². The normalized spacial score (nSPS) is 13.9. The predicted octanol–water partition coefficient (Wildman–Crippen LogP) is 7.83. The molecule has 4 N–H and O–H groups in total. The number of rotatable bonds is 26. The van der Waals surface area contributed by atoms with Crippen LogP contribution in [0, 0.1) is 0 Å². The smallest absolute Gasteiger partial charge is 0.261 e. The first-order chi connectivity index (χ1) is 24.4. The molecule has 0 atom stereocenters. The fourth-order valence-corrected chi connectivity index (χ4v) is 7.09. The fourth-order valence-electron chi connectivity index (χ4n) is 7.09. The topological polar surface area (TPSA) is 144 Å². The van der Waals surface area contributed by atoms with Gasteiger partial charge in [-0.3, -0.25) is 33.8 Å². The molecule has 0 aliphatic carbocycles. The molecule has 0 radical (unpaired) electrons. The molecule has 0 bridgehead atoms. The van der Waals surface area contributed by atoms with E-state index in [2.05, 4.69) is 0 Å². The minimum Gasteiger partial charge on any atom is -0.330 e. The minimum atomic E-state index is -0.374. The summed E-state index contributed by atoms with van der Waals surface area (Å²) in [4.78, 5) is 68.6. The van der Waals surface area contributed by atoms with Crippen molar-refractivity contribution in [2.45, 2.75) is 128 Å². The van der Waals surface area contributed by atoms with E-state index in [-0.39, 0.29) is 51.7 Å². The van der Waals surface area contributed by atoms with Gasteiger partial charge in [0.15, 0.2) is 5.78 Å². The van der Waals surface area contributed by atoms with E-state index in [1.54, 1.807) is 24.3 Å². The third kappa shape index (κ3) is 10.7. The quantitative estimate of drug-likeness (QED) is 0.0583. The van der Waals surface area contributed by atoms with Gasteiger partial charge in [-0.05, 0) is 63.0 Å². The number of fused-ring (bicyclic) bond motifs is 2. The van der Waals surface area contributed by atoms with Crippen molar-refractivity contribution >= 4 is 29.4 Å². The Bertz CT molecular complexity index is 1360. The molecule has 2 aromatic carbocycles. The standard InChI is InChI=1S/C41H58N4O5/c42-25-17-13-9-5-1-3-7-11-15-19-27-44-38(47)33-23-21-31(29-35(33)40(44)49)37(46)32-22-24-34-36(30-32)41(50)45(39(34)48)28-20-16-12-8-4-2-6-10-14-18-26-43/h21-24,29-30H,1-20,25-28,42-43H2. The molecule has 2 aliphatic rings. The maximum absolute atomic E-state index is 13.5. The summed E-state index contributed by atoms with van der Waals surface area (Å²) in [5.41, 5.74) is 12.7. The molecule has 0 spiro atoms. The van der Waals surface area contributed by atoms with E-state index >= 15 is 0 Å². The maximum Gasteiger partial charge on any atom is 0.261 e. The monoisotopic (exact) mass is 686 g/mol. The van der Waals surface area contributed by atoms with Gasteiger partial charge in [0.1, 0.15) is 0 Å². The number of ketones is 1. The van der Waals surface area contributed by atoms with Gasteiger partial charge >= 0.3 is 0 Å². The Labute approximate surface area is 298 Å². The number of carbonyl (C=O) groups excluding carboxylic acids is 5. The lowest BCUT2D eigenvalue weighted by atomic mass is 9.96. The van der Waals surface area contributed by atoms with E-state index < -0.39 is 0 Å². The Morgan fingerprint density at radius 1 is 0.400 bits per heavy atom. The van der Waals surface area contributed by atoms with E-state index in [4.69, 9.17) is 11.5 Å². The van der Waals surface area contributed by atoms with Crippen LogP contribution in [-0.2, 0) is 0 Å². The first-order valence-corrected chi connectivity index (χ1v) is 19.3. The lowest BCUT2D eigenvalue weighted by Gasteiger charge is -2.13. The maximum atomic E-state index is 13.5. The van der Waals surface area contributed by atoms with Gasteiger partial charge in [-0.15, -0.1) is 0 Å². The molecule has 9 heteroatoms. The summed E-state index contributed by atoms with van der Waals surface area (Å²) in [7, 11) is 0. The highest BCUT2D eigenvalue weighted by molar-refractivity contribution is 6.24. The zero-order valence-corrected chi connectivity index (χ0v) is 30.0. The largest absolute Gasteiger partial charge is 0.330 e. The van der Waals surface area contributed by atoms with Crippen LogP contribution in [0.15, 0.2) is 36.4 Å². The van der Waals surface area contributed by atoms with Crippen LogP contribution in [0.1, 0.15) is 186 Å². The van der Waals surface area contributed by atoms with Gasteiger partial charge < -0.3 is 11.5 Å². The van der Waals surface area contributed by atoms with Crippen LogP contribution in [0.5, 0.6) is 0 Å². The molecule has 0 aromatic heterocycles. The van der Waals surface area contributed by atoms with Gasteiger partial charge in [0.25, 0.3) is 23.6 Å². The van der Waals surface area contributed by atoms with E-state index in [0.717, 1.165) is 77.3 Å². The Kier molecular flexibility index (Phi) is 16.3. The molecule has 0 saturated heterocycles. The van der Waals surface area contributed by atoms with Crippen molar-refractivity contribution < 1.29 is 24.0 Å². The third-order valence-electron chi connectivity index (χ3n) is 10.1. The number of benzene rings is 2. The lowest BCUT2D eigenvalue weighted by molar-refractivity contribution is 0.0636. The van der Waals surface area contributed by atoms with Gasteiger partial charge in [-0.2, -0.15) is 0 Å². The third-order valence-corrected chi connectivity index (χ3v) is 10.1. The number of carbonyl (C=O) groups is 5. The van der Waals surface area contributed by atoms with Crippen LogP contribution < -0.4 is 11.5 Å². The molecule has 50 heavy (non-hydrogen) atoms. The van der Waals surface area contributed by atoms with Crippen LogP contribution in [0.3, 0.4) is 0 Å². The summed E-state index contributed by atoms with van der Waals surface area (Å²) in [6.45, 7) is 2.27. The Balaban J connectivity index is 1.22. The number of hydrogen-bond donors (Lipinski definition) is 2. The molecule has 0 unspecified atom stereocenters. The van der Waals surface area contributed by atoms with Crippen molar-refractivity contribution in [3.8, 4) is 0 Å². The van der Waals surface area contributed by atoms with Gasteiger partial charge in [0.2, 0.25) is 0 Å². The van der Waals surface area contributed by atoms with Crippen molar-refractivity contribution in [2.24, 2.45) is 11.5 Å². The highest BCUT2D eigenvalue weighted by atomic mass is 16.2. The first kappa shape index (κ1) is 39.1. The second-order valence-corrected chi connectivity index (χ2v) is 14.0. The number of unbranched alkanes of at least 4 members (excludes halogenated alkanes) is 18. The highest BCUT2D eigenvalue weighted by Crippen LogP contribution is 2.28. The van der Waals surface area contributed by atoms with Gasteiger partial charge in [0, 0.05) is 24.2 Å². The van der Waals surface area contributed by atoms with E-state index in [9.17, 15) is 24.0 Å². The molecule has 272 valence electrons. The minimum absolute atomic E-state index is 0.233. The highest BCUT2D eigenvalue weighted by Gasteiger charge is 2.37. The Morgan fingerprint density at radius 2 is 0.680 bits per heavy atom. The molecular weight excluding hydrogens is 628 g/mol. The number of nitrogens with two attached hydrogens (primary N) is 2. The summed E-state index contributed by atoms with van der Waals surface area (Å²) in [6, 6.07) is 9.17. The zero-order valence-electron chi connectivity index (χ0n) is 30.0. The molecule has 0 saturated carbocycles. The first-order valence-electron chi connectivity index (χ1n) is 19.3. The molecule has 2 aliphatic heterocycles. The molecular formula is C41H58N4O5. The second kappa shape index (κ2) is 20.9. The lowest BCUT2D eigenvalue weighted by Crippen LogP contribution is -2.30. The summed E-state index contributed by atoms with van der Waals surface area (Å²) in [5, 5.41) is 0. The SMILES string of the molecule is NCCCCCCCCCCCCN1C(=O)c2ccc(C(=O)c3ccc4c(c3)C(=O)N(CCCCCCCCCCCCN)C4=O)cc2C1=O. The van der Waals surface area contributed by atoms with Crippen LogP contribution in [-0.4, -0.2) is 65.4 Å². The molecule has 4 amide bonds. The number of imide groups is 2. The van der Waals surface area contributed by atoms with E-state index in [1.165, 1.54) is 86.1 Å². The number of hydrogen-bond acceptors (Lipinski definition) is 7. The summed E-state index contributed by atoms with van der Waals surface area (Å²) in [5.74, 6) is -1.76. The second-order valence-electron chi connectivity index (χ2n) is 14.0. The molecule has 2 heterocycles. The average Bonchev–Trinajstić information content (AvgIpc) is 3.51. The number of nitrogens with zero attached hydrogens (tertiary/aromatic N) is 2. The van der Waals surface area contributed by atoms with Crippen molar-refractivity contribution in [1.29, 1.82) is 0 Å². The fraction of sp³-hybridized carbons (Fsp3) is 0.585. The Hall–Kier alpha value is -3.69. The van der Waals surface area contributed by atoms with Crippen molar-refractivity contribution in [1.82, 2.24) is 9.80 Å². The average molecular weight is 687 g/mol. The van der Waals surface area contributed by atoms with Gasteiger partial charge in [0.05, 0.1) is 22.3 Å². The summed E-state index contributed by atoms with van der Waals surface area (Å²) < 4.78 is 0. The van der Waals surface area contributed by atoms with Crippen molar-refractivity contribution in [2.75, 3.05) is 26.2 Å². The Morgan fingerprint density at radius 3 is 1.00 bits per heavy atom. The zero-order chi connectivity index (χ0) is 35.7. The van der Waals surface area contributed by atoms with Crippen molar-refractivity contribution in [3.05, 3.63) is 69.8 Å². The van der Waals surface area contributed by atoms with E-state index in [1.807, 2.05) is 0 Å². The van der Waals surface area contributed by atoms with Gasteiger partial charge in [-0.1, -0.05) is 115 Å². The molecule has 0 fully saturated rings. The van der Waals surface area contributed by atoms with Crippen LogP contribution in [0.25, 0.3) is 0 Å². The molecule has 9 nitrogen and oxygen atoms in total. The summed E-state index contributed by atoms with van der Waals surface area (Å²) >= 11 is 0.